The van der Waals surface area contributed by atoms with E-state index in [0.29, 0.717) is 17.6 Å². The minimum Gasteiger partial charge on any atom is -0.507 e. The van der Waals surface area contributed by atoms with Crippen LogP contribution in [0.1, 0.15) is 25.8 Å². The number of hydrogen-bond acceptors (Lipinski definition) is 3. The van der Waals surface area contributed by atoms with E-state index in [1.165, 1.54) is 6.07 Å². The van der Waals surface area contributed by atoms with Crippen molar-refractivity contribution in [2.75, 3.05) is 0 Å². The number of hydrogen-bond donors (Lipinski definition) is 1. The summed E-state index contributed by atoms with van der Waals surface area (Å²) in [4.78, 5) is -1.12. The highest BCUT2D eigenvalue weighted by molar-refractivity contribution is 7.92. The number of aromatic hydroxyl groups is 1. The minimum absolute atomic E-state index is 0.339. The number of phenolic OH excluding ortho intramolecular Hbond substituents is 1. The fraction of sp³-hybridized carbons (Fsp3) is 0.333. The summed E-state index contributed by atoms with van der Waals surface area (Å²) in [6.07, 6.45) is 2.21. The average Bonchev–Trinajstić information content (AvgIpc) is 2.31. The second-order valence-corrected chi connectivity index (χ2v) is 5.71. The third-order valence-electron chi connectivity index (χ3n) is 2.65. The van der Waals surface area contributed by atoms with Crippen LogP contribution < -0.4 is 0 Å². The zero-order chi connectivity index (χ0) is 14.8. The second kappa shape index (κ2) is 5.24. The van der Waals surface area contributed by atoms with Crippen molar-refractivity contribution in [3.05, 3.63) is 29.8 Å². The minimum atomic E-state index is -5.56. The van der Waals surface area contributed by atoms with Crippen molar-refractivity contribution in [1.82, 2.24) is 0 Å². The molecule has 0 unspecified atom stereocenters. The Hall–Kier alpha value is -1.50. The molecule has 1 N–H and O–H groups in total. The van der Waals surface area contributed by atoms with Gasteiger partial charge >= 0.3 is 5.51 Å². The Morgan fingerprint density at radius 1 is 1.37 bits per heavy atom. The lowest BCUT2D eigenvalue weighted by molar-refractivity contribution is -0.0437. The SMILES string of the molecule is CC=C(CC)c1ccc(O)c(S(=O)(=O)C(F)(F)F)c1. The van der Waals surface area contributed by atoms with Crippen LogP contribution in [0.5, 0.6) is 5.75 Å². The molecular formula is C12H13F3O3S. The summed E-state index contributed by atoms with van der Waals surface area (Å²) < 4.78 is 60.1. The first-order chi connectivity index (χ1) is 8.65. The molecule has 0 spiro atoms. The van der Waals surface area contributed by atoms with Gasteiger partial charge in [-0.2, -0.15) is 13.2 Å². The maximum atomic E-state index is 12.5. The van der Waals surface area contributed by atoms with Crippen molar-refractivity contribution >= 4 is 15.4 Å². The molecule has 0 aliphatic heterocycles. The average molecular weight is 294 g/mol. The first-order valence-corrected chi connectivity index (χ1v) is 6.93. The van der Waals surface area contributed by atoms with Crippen LogP contribution in [0.25, 0.3) is 5.57 Å². The highest BCUT2D eigenvalue weighted by Gasteiger charge is 2.48. The van der Waals surface area contributed by atoms with Gasteiger partial charge in [0.25, 0.3) is 9.84 Å². The molecule has 0 aliphatic rings. The van der Waals surface area contributed by atoms with Gasteiger partial charge in [-0.05, 0) is 36.6 Å². The Labute approximate surface area is 109 Å². The number of halogens is 3. The molecule has 19 heavy (non-hydrogen) atoms. The molecule has 0 atom stereocenters. The van der Waals surface area contributed by atoms with Gasteiger partial charge in [0.1, 0.15) is 10.6 Å². The normalized spacial score (nSPS) is 13.6. The fourth-order valence-corrected chi connectivity index (χ4v) is 2.50. The predicted octanol–water partition coefficient (Wildman–Crippen LogP) is 3.50. The number of benzene rings is 1. The third-order valence-corrected chi connectivity index (χ3v) is 4.17. The number of allylic oxidation sites excluding steroid dienone is 2. The van der Waals surface area contributed by atoms with Crippen molar-refractivity contribution in [2.45, 2.75) is 30.7 Å². The van der Waals surface area contributed by atoms with Crippen molar-refractivity contribution in [3.8, 4) is 5.75 Å². The fourth-order valence-electron chi connectivity index (χ4n) is 1.63. The summed E-state index contributed by atoms with van der Waals surface area (Å²) in [6.45, 7) is 3.49. The van der Waals surface area contributed by atoms with E-state index < -0.39 is 26.0 Å². The molecule has 7 heteroatoms. The molecule has 0 heterocycles. The molecule has 0 aromatic heterocycles. The van der Waals surface area contributed by atoms with Crippen LogP contribution in [0.2, 0.25) is 0 Å². The van der Waals surface area contributed by atoms with Crippen LogP contribution in [0, 0.1) is 0 Å². The zero-order valence-corrected chi connectivity index (χ0v) is 11.1. The molecular weight excluding hydrogens is 281 g/mol. The van der Waals surface area contributed by atoms with Crippen molar-refractivity contribution < 1.29 is 26.7 Å². The predicted molar refractivity (Wildman–Crippen MR) is 65.3 cm³/mol. The number of alkyl halides is 3. The highest BCUT2D eigenvalue weighted by Crippen LogP contribution is 2.36. The molecule has 0 fully saturated rings. The zero-order valence-electron chi connectivity index (χ0n) is 10.3. The van der Waals surface area contributed by atoms with E-state index >= 15 is 0 Å². The lowest BCUT2D eigenvalue weighted by Gasteiger charge is -2.12. The van der Waals surface area contributed by atoms with Crippen LogP contribution in [0.15, 0.2) is 29.2 Å². The van der Waals surface area contributed by atoms with Gasteiger partial charge in [0, 0.05) is 0 Å². The number of phenols is 1. The van der Waals surface area contributed by atoms with E-state index in [-0.39, 0.29) is 0 Å². The van der Waals surface area contributed by atoms with E-state index in [0.717, 1.165) is 12.1 Å². The summed E-state index contributed by atoms with van der Waals surface area (Å²) in [7, 11) is -5.56. The summed E-state index contributed by atoms with van der Waals surface area (Å²) in [5.74, 6) is -0.910. The maximum Gasteiger partial charge on any atom is 0.502 e. The summed E-state index contributed by atoms with van der Waals surface area (Å²) in [5.41, 5.74) is -4.41. The van der Waals surface area contributed by atoms with Crippen molar-refractivity contribution in [2.24, 2.45) is 0 Å². The molecule has 3 nitrogen and oxygen atoms in total. The second-order valence-electron chi connectivity index (χ2n) is 3.80. The quantitative estimate of drug-likeness (QED) is 0.928. The number of sulfone groups is 1. The Balaban J connectivity index is 3.51. The molecule has 1 aromatic carbocycles. The topological polar surface area (TPSA) is 54.4 Å². The Kier molecular flexibility index (Phi) is 4.29. The first-order valence-electron chi connectivity index (χ1n) is 5.45. The summed E-state index contributed by atoms with van der Waals surface area (Å²) >= 11 is 0. The van der Waals surface area contributed by atoms with Crippen LogP contribution in [0.4, 0.5) is 13.2 Å². The maximum absolute atomic E-state index is 12.5. The van der Waals surface area contributed by atoms with Crippen LogP contribution >= 0.6 is 0 Å². The largest absolute Gasteiger partial charge is 0.507 e. The molecule has 106 valence electrons. The summed E-state index contributed by atoms with van der Waals surface area (Å²) in [6, 6.07) is 3.17. The highest BCUT2D eigenvalue weighted by atomic mass is 32.2. The molecule has 0 amide bonds. The van der Waals surface area contributed by atoms with Gasteiger partial charge in [0.05, 0.1) is 0 Å². The van der Waals surface area contributed by atoms with Gasteiger partial charge in [0.2, 0.25) is 0 Å². The van der Waals surface area contributed by atoms with Gasteiger partial charge in [-0.1, -0.05) is 19.1 Å². The van der Waals surface area contributed by atoms with E-state index in [1.54, 1.807) is 19.9 Å². The Morgan fingerprint density at radius 2 is 1.95 bits per heavy atom. The van der Waals surface area contributed by atoms with Crippen LogP contribution in [0.3, 0.4) is 0 Å². The van der Waals surface area contributed by atoms with E-state index in [1.807, 2.05) is 0 Å². The van der Waals surface area contributed by atoms with Crippen molar-refractivity contribution in [1.29, 1.82) is 0 Å². The smallest absolute Gasteiger partial charge is 0.502 e. The monoisotopic (exact) mass is 294 g/mol. The van der Waals surface area contributed by atoms with E-state index in [4.69, 9.17) is 0 Å². The molecule has 0 aliphatic carbocycles. The lowest BCUT2D eigenvalue weighted by Crippen LogP contribution is -2.23. The van der Waals surface area contributed by atoms with Gasteiger partial charge in [-0.25, -0.2) is 8.42 Å². The first kappa shape index (κ1) is 15.6. The van der Waals surface area contributed by atoms with E-state index in [2.05, 4.69) is 0 Å². The Morgan fingerprint density at radius 3 is 2.37 bits per heavy atom. The third kappa shape index (κ3) is 2.91. The van der Waals surface area contributed by atoms with Crippen molar-refractivity contribution in [3.63, 3.8) is 0 Å². The standard InChI is InChI=1S/C12H13F3O3S/c1-3-8(4-2)9-5-6-10(16)11(7-9)19(17,18)12(13,14)15/h3,5-7,16H,4H2,1-2H3. The van der Waals surface area contributed by atoms with E-state index in [9.17, 15) is 26.7 Å². The lowest BCUT2D eigenvalue weighted by atomic mass is 10.0. The van der Waals surface area contributed by atoms with Crippen LogP contribution in [-0.2, 0) is 9.84 Å². The molecule has 0 saturated heterocycles. The van der Waals surface area contributed by atoms with Gasteiger partial charge in [0.15, 0.2) is 0 Å². The molecule has 0 bridgehead atoms. The molecule has 0 saturated carbocycles. The Bertz CT molecular complexity index is 601. The molecule has 1 aromatic rings. The van der Waals surface area contributed by atoms with Gasteiger partial charge in [-0.15, -0.1) is 0 Å². The summed E-state index contributed by atoms with van der Waals surface area (Å²) in [5, 5.41) is 9.36. The number of rotatable bonds is 3. The molecule has 1 rings (SSSR count). The van der Waals surface area contributed by atoms with Crippen LogP contribution in [-0.4, -0.2) is 19.0 Å². The molecule has 0 radical (unpaired) electrons. The van der Waals surface area contributed by atoms with Gasteiger partial charge < -0.3 is 5.11 Å². The van der Waals surface area contributed by atoms with Gasteiger partial charge in [-0.3, -0.25) is 0 Å².